The molecule has 2 aromatic rings. The lowest BCUT2D eigenvalue weighted by Gasteiger charge is -2.22. The van der Waals surface area contributed by atoms with Crippen LogP contribution in [-0.2, 0) is 0 Å². The third-order valence-electron chi connectivity index (χ3n) is 3.07. The summed E-state index contributed by atoms with van der Waals surface area (Å²) >= 11 is 3.38. The summed E-state index contributed by atoms with van der Waals surface area (Å²) in [6.45, 7) is 0.487. The second-order valence-electron chi connectivity index (χ2n) is 4.68. The molecule has 1 atom stereocenters. The van der Waals surface area contributed by atoms with E-state index in [2.05, 4.69) is 21.2 Å². The summed E-state index contributed by atoms with van der Waals surface area (Å²) < 4.78 is 6.21. The molecule has 2 rings (SSSR count). The van der Waals surface area contributed by atoms with Gasteiger partial charge >= 0.3 is 0 Å². The standard InChI is InChI=1S/C15H17BrN2O2/c1-18(2)13(14-8-5-9-20-14)10-17-15(19)11-6-3-4-7-12(11)16/h3-9,13H,10H2,1-2H3,(H,17,19). The molecule has 106 valence electrons. The van der Waals surface area contributed by atoms with E-state index in [0.717, 1.165) is 10.2 Å². The molecule has 0 spiro atoms. The lowest BCUT2D eigenvalue weighted by molar-refractivity contribution is 0.0938. The van der Waals surface area contributed by atoms with Crippen LogP contribution in [0.5, 0.6) is 0 Å². The number of furan rings is 1. The predicted molar refractivity (Wildman–Crippen MR) is 81.6 cm³/mol. The minimum atomic E-state index is -0.101. The number of benzene rings is 1. The van der Waals surface area contributed by atoms with Gasteiger partial charge in [0.1, 0.15) is 5.76 Å². The van der Waals surface area contributed by atoms with Crippen molar-refractivity contribution < 1.29 is 9.21 Å². The monoisotopic (exact) mass is 336 g/mol. The maximum Gasteiger partial charge on any atom is 0.252 e. The van der Waals surface area contributed by atoms with Gasteiger partial charge in [0.2, 0.25) is 0 Å². The fourth-order valence-electron chi connectivity index (χ4n) is 1.95. The van der Waals surface area contributed by atoms with Gasteiger partial charge in [-0.2, -0.15) is 0 Å². The van der Waals surface area contributed by atoms with E-state index in [4.69, 9.17) is 4.42 Å². The highest BCUT2D eigenvalue weighted by atomic mass is 79.9. The number of hydrogen-bond donors (Lipinski definition) is 1. The third-order valence-corrected chi connectivity index (χ3v) is 3.76. The van der Waals surface area contributed by atoms with Crippen molar-refractivity contribution in [1.82, 2.24) is 10.2 Å². The van der Waals surface area contributed by atoms with E-state index in [1.807, 2.05) is 49.3 Å². The highest BCUT2D eigenvalue weighted by Crippen LogP contribution is 2.19. The molecule has 4 nitrogen and oxygen atoms in total. The Morgan fingerprint density at radius 3 is 2.65 bits per heavy atom. The van der Waals surface area contributed by atoms with Gasteiger partial charge in [0.05, 0.1) is 17.9 Å². The van der Waals surface area contributed by atoms with Crippen LogP contribution < -0.4 is 5.32 Å². The highest BCUT2D eigenvalue weighted by molar-refractivity contribution is 9.10. The molecule has 0 saturated carbocycles. The second-order valence-corrected chi connectivity index (χ2v) is 5.54. The minimum Gasteiger partial charge on any atom is -0.468 e. The first-order valence-corrected chi connectivity index (χ1v) is 7.11. The topological polar surface area (TPSA) is 45.5 Å². The Hall–Kier alpha value is -1.59. The summed E-state index contributed by atoms with van der Waals surface area (Å²) in [6.07, 6.45) is 1.64. The number of carbonyl (C=O) groups is 1. The Morgan fingerprint density at radius 1 is 1.30 bits per heavy atom. The average Bonchev–Trinajstić information content (AvgIpc) is 2.92. The Kier molecular flexibility index (Phi) is 4.98. The number of amides is 1. The molecule has 1 unspecified atom stereocenters. The van der Waals surface area contributed by atoms with Crippen LogP contribution in [-0.4, -0.2) is 31.4 Å². The van der Waals surface area contributed by atoms with Crippen molar-refractivity contribution in [2.75, 3.05) is 20.6 Å². The van der Waals surface area contributed by atoms with Crippen molar-refractivity contribution >= 4 is 21.8 Å². The fourth-order valence-corrected chi connectivity index (χ4v) is 2.41. The zero-order valence-corrected chi connectivity index (χ0v) is 13.1. The largest absolute Gasteiger partial charge is 0.468 e. The quantitative estimate of drug-likeness (QED) is 0.912. The molecule has 1 aromatic heterocycles. The SMILES string of the molecule is CN(C)C(CNC(=O)c1ccccc1Br)c1ccco1. The summed E-state index contributed by atoms with van der Waals surface area (Å²) in [6, 6.07) is 11.1. The third kappa shape index (κ3) is 3.49. The number of hydrogen-bond acceptors (Lipinski definition) is 3. The number of nitrogens with one attached hydrogen (secondary N) is 1. The second kappa shape index (κ2) is 6.72. The molecule has 0 bridgehead atoms. The molecule has 0 saturated heterocycles. The van der Waals surface area contributed by atoms with E-state index in [-0.39, 0.29) is 11.9 Å². The van der Waals surface area contributed by atoms with E-state index in [0.29, 0.717) is 12.1 Å². The summed E-state index contributed by atoms with van der Waals surface area (Å²) in [4.78, 5) is 14.2. The Labute approximate surface area is 126 Å². The summed E-state index contributed by atoms with van der Waals surface area (Å²) in [5.41, 5.74) is 0.629. The van der Waals surface area contributed by atoms with Crippen molar-refractivity contribution in [3.63, 3.8) is 0 Å². The first-order chi connectivity index (χ1) is 9.59. The van der Waals surface area contributed by atoms with Gasteiger partial charge in [-0.15, -0.1) is 0 Å². The first kappa shape index (κ1) is 14.8. The Morgan fingerprint density at radius 2 is 2.05 bits per heavy atom. The Balaban J connectivity index is 2.03. The molecule has 0 aliphatic carbocycles. The summed E-state index contributed by atoms with van der Waals surface area (Å²) in [7, 11) is 3.91. The van der Waals surface area contributed by atoms with Crippen LogP contribution in [0.2, 0.25) is 0 Å². The number of halogens is 1. The van der Waals surface area contributed by atoms with Gasteiger partial charge in [-0.05, 0) is 54.3 Å². The molecule has 1 aromatic carbocycles. The minimum absolute atomic E-state index is 0.0106. The number of likely N-dealkylation sites (N-methyl/N-ethyl adjacent to an activating group) is 1. The van der Waals surface area contributed by atoms with Gasteiger partial charge in [-0.3, -0.25) is 9.69 Å². The predicted octanol–water partition coefficient (Wildman–Crippen LogP) is 3.07. The molecule has 5 heteroatoms. The molecular formula is C15H17BrN2O2. The molecule has 0 radical (unpaired) electrons. The van der Waals surface area contributed by atoms with E-state index in [1.54, 1.807) is 12.3 Å². The van der Waals surface area contributed by atoms with Crippen LogP contribution in [0.15, 0.2) is 51.6 Å². The Bertz CT molecular complexity index is 567. The zero-order valence-electron chi connectivity index (χ0n) is 11.5. The van der Waals surface area contributed by atoms with E-state index < -0.39 is 0 Å². The molecular weight excluding hydrogens is 320 g/mol. The molecule has 0 fully saturated rings. The van der Waals surface area contributed by atoms with Crippen LogP contribution in [0, 0.1) is 0 Å². The number of carbonyl (C=O) groups excluding carboxylic acids is 1. The normalized spacial score (nSPS) is 12.4. The zero-order chi connectivity index (χ0) is 14.5. The molecule has 1 N–H and O–H groups in total. The molecule has 0 aliphatic heterocycles. The van der Waals surface area contributed by atoms with Gasteiger partial charge < -0.3 is 9.73 Å². The van der Waals surface area contributed by atoms with Crippen LogP contribution in [0.25, 0.3) is 0 Å². The van der Waals surface area contributed by atoms with Crippen LogP contribution in [0.1, 0.15) is 22.2 Å². The van der Waals surface area contributed by atoms with Crippen LogP contribution in [0.3, 0.4) is 0 Å². The molecule has 20 heavy (non-hydrogen) atoms. The number of rotatable bonds is 5. The van der Waals surface area contributed by atoms with Gasteiger partial charge in [-0.1, -0.05) is 12.1 Å². The van der Waals surface area contributed by atoms with Gasteiger partial charge in [0.15, 0.2) is 0 Å². The number of nitrogens with zero attached hydrogens (tertiary/aromatic N) is 1. The summed E-state index contributed by atoms with van der Waals surface area (Å²) in [5.74, 6) is 0.735. The molecule has 1 amide bonds. The van der Waals surface area contributed by atoms with Crippen molar-refractivity contribution in [2.24, 2.45) is 0 Å². The fraction of sp³-hybridized carbons (Fsp3) is 0.267. The van der Waals surface area contributed by atoms with E-state index in [1.165, 1.54) is 0 Å². The van der Waals surface area contributed by atoms with Crippen molar-refractivity contribution in [2.45, 2.75) is 6.04 Å². The first-order valence-electron chi connectivity index (χ1n) is 6.32. The maximum atomic E-state index is 12.2. The van der Waals surface area contributed by atoms with Gasteiger partial charge in [0, 0.05) is 11.0 Å². The van der Waals surface area contributed by atoms with E-state index in [9.17, 15) is 4.79 Å². The lowest BCUT2D eigenvalue weighted by atomic mass is 10.2. The lowest BCUT2D eigenvalue weighted by Crippen LogP contribution is -2.34. The van der Waals surface area contributed by atoms with Crippen molar-refractivity contribution in [3.8, 4) is 0 Å². The van der Waals surface area contributed by atoms with Crippen LogP contribution in [0.4, 0.5) is 0 Å². The van der Waals surface area contributed by atoms with Crippen molar-refractivity contribution in [1.29, 1.82) is 0 Å². The van der Waals surface area contributed by atoms with Gasteiger partial charge in [-0.25, -0.2) is 0 Å². The molecule has 1 heterocycles. The van der Waals surface area contributed by atoms with Gasteiger partial charge in [0.25, 0.3) is 5.91 Å². The van der Waals surface area contributed by atoms with E-state index >= 15 is 0 Å². The maximum absolute atomic E-state index is 12.2. The highest BCUT2D eigenvalue weighted by Gasteiger charge is 2.18. The smallest absolute Gasteiger partial charge is 0.252 e. The summed E-state index contributed by atoms with van der Waals surface area (Å²) in [5, 5.41) is 2.94. The average molecular weight is 337 g/mol. The molecule has 0 aliphatic rings. The van der Waals surface area contributed by atoms with Crippen LogP contribution >= 0.6 is 15.9 Å². The van der Waals surface area contributed by atoms with Crippen molar-refractivity contribution in [3.05, 3.63) is 58.5 Å².